The molecule has 30 atom stereocenters. The maximum atomic E-state index is 12.6. The fraction of sp³-hybridized carbons (Fsp3) is 0.929. The van der Waals surface area contributed by atoms with Crippen molar-refractivity contribution in [3.63, 3.8) is 0 Å². The van der Waals surface area contributed by atoms with Crippen molar-refractivity contribution >= 4 is 17.7 Å². The summed E-state index contributed by atoms with van der Waals surface area (Å²) in [6, 6.07) is -4.94. The molecule has 6 saturated heterocycles. The number of rotatable bonds is 18. The van der Waals surface area contributed by atoms with Crippen molar-refractivity contribution < 1.29 is 148 Å². The molecule has 19 N–H and O–H groups in total. The predicted octanol–water partition coefficient (Wildman–Crippen LogP) is -12.6. The van der Waals surface area contributed by atoms with Gasteiger partial charge in [-0.2, -0.15) is 0 Å². The largest absolute Gasteiger partial charge is 0.394 e. The molecule has 6 rings (SSSR count). The van der Waals surface area contributed by atoms with Crippen LogP contribution < -0.4 is 16.0 Å². The van der Waals surface area contributed by atoms with Crippen LogP contribution in [-0.4, -0.2) is 317 Å². The van der Waals surface area contributed by atoms with E-state index in [0.717, 1.165) is 20.8 Å². The first-order valence-corrected chi connectivity index (χ1v) is 23.9. The molecular weight excluding hydrogens is 1030 g/mol. The highest BCUT2D eigenvalue weighted by Gasteiger charge is 2.57. The van der Waals surface area contributed by atoms with Gasteiger partial charge in [-0.1, -0.05) is 0 Å². The van der Waals surface area contributed by atoms with Crippen LogP contribution >= 0.6 is 0 Å². The molecule has 6 aliphatic heterocycles. The SMILES string of the molecule is CC(=O)N[C@@H]1[C@@H](O[C@@H]2O[C@H](CO)[C@H](O)[C@H](O[C@@H]3O[C@H](CO)[C@@H](O)[C@H](O)[C@H]3NC(C)=O)[C@H]2O)[C@@H](O)[C@@H](CO[C@@H]2O[C@H](CO)[C@@H](O[C@@H]3O[C@H](CO)[C@H](O)[C@H](O)[C@H]3O[C@@H]3O[C@@H](C)[C@@H](O)[C@@H](O)[C@@H]3O)[C@H](O)[C@H]2NC(C)=O)O[C@@H]1O. The number of carbonyl (C=O) groups is 3. The van der Waals surface area contributed by atoms with E-state index < -0.39 is 235 Å². The molecule has 0 radical (unpaired) electrons. The van der Waals surface area contributed by atoms with Crippen LogP contribution in [0, 0.1) is 0 Å². The van der Waals surface area contributed by atoms with Gasteiger partial charge in [-0.05, 0) is 6.92 Å². The van der Waals surface area contributed by atoms with Crippen molar-refractivity contribution in [3.8, 4) is 0 Å². The number of aliphatic hydroxyl groups excluding tert-OH is 16. The van der Waals surface area contributed by atoms with Gasteiger partial charge in [-0.15, -0.1) is 0 Å². The number of amides is 3. The number of carbonyl (C=O) groups excluding carboxylic acids is 3. The van der Waals surface area contributed by atoms with Gasteiger partial charge in [0.25, 0.3) is 0 Å². The number of hydrogen-bond acceptors (Lipinski definition) is 30. The van der Waals surface area contributed by atoms with E-state index >= 15 is 0 Å². The molecule has 0 unspecified atom stereocenters. The fourth-order valence-electron chi connectivity index (χ4n) is 9.55. The number of ether oxygens (including phenoxy) is 11. The van der Waals surface area contributed by atoms with Crippen LogP contribution in [0.1, 0.15) is 27.7 Å². The van der Waals surface area contributed by atoms with Crippen LogP contribution in [-0.2, 0) is 66.5 Å². The van der Waals surface area contributed by atoms with Gasteiger partial charge in [0.2, 0.25) is 17.7 Å². The Hall–Kier alpha value is -2.67. The zero-order chi connectivity index (χ0) is 55.5. The van der Waals surface area contributed by atoms with Crippen molar-refractivity contribution in [2.24, 2.45) is 0 Å². The second-order valence-corrected chi connectivity index (χ2v) is 19.0. The third-order valence-corrected chi connectivity index (χ3v) is 13.6. The van der Waals surface area contributed by atoms with E-state index in [2.05, 4.69) is 16.0 Å². The van der Waals surface area contributed by atoms with Crippen LogP contribution in [0.4, 0.5) is 0 Å². The summed E-state index contributed by atoms with van der Waals surface area (Å²) in [5.74, 6) is -2.35. The molecule has 6 fully saturated rings. The van der Waals surface area contributed by atoms with Crippen LogP contribution in [0.3, 0.4) is 0 Å². The predicted molar refractivity (Wildman–Crippen MR) is 233 cm³/mol. The lowest BCUT2D eigenvalue weighted by Gasteiger charge is -2.50. The first kappa shape index (κ1) is 61.5. The smallest absolute Gasteiger partial charge is 0.217 e. The molecule has 6 heterocycles. The summed E-state index contributed by atoms with van der Waals surface area (Å²) < 4.78 is 63.3. The first-order valence-electron chi connectivity index (χ1n) is 23.9. The molecule has 33 heteroatoms. The second-order valence-electron chi connectivity index (χ2n) is 19.0. The minimum Gasteiger partial charge on any atom is -0.394 e. The van der Waals surface area contributed by atoms with Crippen molar-refractivity contribution in [2.45, 2.75) is 212 Å². The molecule has 0 aromatic rings. The summed E-state index contributed by atoms with van der Waals surface area (Å²) >= 11 is 0. The molecule has 434 valence electrons. The molecule has 75 heavy (non-hydrogen) atoms. The molecule has 0 bridgehead atoms. The highest BCUT2D eigenvalue weighted by atomic mass is 16.8. The van der Waals surface area contributed by atoms with E-state index in [-0.39, 0.29) is 0 Å². The van der Waals surface area contributed by atoms with Crippen molar-refractivity contribution in [1.82, 2.24) is 16.0 Å². The Kier molecular flexibility index (Phi) is 21.8. The summed E-state index contributed by atoms with van der Waals surface area (Å²) in [4.78, 5) is 37.0. The zero-order valence-corrected chi connectivity index (χ0v) is 40.7. The molecule has 3 amide bonds. The fourth-order valence-corrected chi connectivity index (χ4v) is 9.55. The summed E-state index contributed by atoms with van der Waals surface area (Å²) in [5.41, 5.74) is 0. The Morgan fingerprint density at radius 2 is 0.813 bits per heavy atom. The lowest BCUT2D eigenvalue weighted by atomic mass is 9.94. The molecule has 0 aliphatic carbocycles. The van der Waals surface area contributed by atoms with Gasteiger partial charge in [0, 0.05) is 20.8 Å². The van der Waals surface area contributed by atoms with Crippen molar-refractivity contribution in [2.75, 3.05) is 33.0 Å². The maximum Gasteiger partial charge on any atom is 0.217 e. The van der Waals surface area contributed by atoms with Crippen molar-refractivity contribution in [1.29, 1.82) is 0 Å². The summed E-state index contributed by atoms with van der Waals surface area (Å²) in [5, 5.41) is 180. The molecular formula is C42H71N3O30. The minimum atomic E-state index is -2.15. The van der Waals surface area contributed by atoms with E-state index in [1.807, 2.05) is 0 Å². The lowest BCUT2D eigenvalue weighted by Crippen LogP contribution is -2.70. The molecule has 0 aromatic carbocycles. The van der Waals surface area contributed by atoms with Gasteiger partial charge >= 0.3 is 0 Å². The number of aliphatic hydroxyl groups is 16. The van der Waals surface area contributed by atoms with Gasteiger partial charge in [0.15, 0.2) is 37.7 Å². The van der Waals surface area contributed by atoms with Gasteiger partial charge in [-0.3, -0.25) is 14.4 Å². The standard InChI is InChI=1S/C42H71N3O30/c1-10-22(53)29(60)31(62)40(66-10)75-36-30(61)24(55)15(6-47)70-42(36)72-33-17(8-49)71-38(20(28(33)59)44-12(3)51)65-9-18-26(57)34(21(37(64)67-18)45-13(4)52)73-41-32(63)35(25(56)16(7-48)69-41)74-39-19(43-11(2)50)27(58)23(54)14(5-46)68-39/h10,14-42,46-49,53-64H,5-9H2,1-4H3,(H,43,50)(H,44,51)(H,45,52)/t10-,14+,15+,16+,17+,18+,19+,20+,21+,22+,23+,24-,25-,26-,27+,28+,29+,30-,31-,32+,33+,34+,35-,36+,37-,38+,39-,40-,41-,42-/m0/s1. The Bertz CT molecular complexity index is 1850. The summed E-state index contributed by atoms with van der Waals surface area (Å²) in [6.07, 6.45) is -49.0. The van der Waals surface area contributed by atoms with E-state index in [1.165, 1.54) is 6.92 Å². The monoisotopic (exact) mass is 1100 g/mol. The molecule has 0 spiro atoms. The highest BCUT2D eigenvalue weighted by molar-refractivity contribution is 5.74. The van der Waals surface area contributed by atoms with Gasteiger partial charge < -0.3 is 150 Å². The normalized spacial score (nSPS) is 48.6. The van der Waals surface area contributed by atoms with Crippen LogP contribution in [0.5, 0.6) is 0 Å². The molecule has 6 aliphatic rings. The molecule has 0 saturated carbocycles. The lowest BCUT2D eigenvalue weighted by molar-refractivity contribution is -0.384. The average molecular weight is 1100 g/mol. The van der Waals surface area contributed by atoms with Gasteiger partial charge in [0.05, 0.1) is 39.1 Å². The van der Waals surface area contributed by atoms with Crippen LogP contribution in [0.2, 0.25) is 0 Å². The van der Waals surface area contributed by atoms with Crippen molar-refractivity contribution in [3.05, 3.63) is 0 Å². The summed E-state index contributed by atoms with van der Waals surface area (Å²) in [7, 11) is 0. The third-order valence-electron chi connectivity index (χ3n) is 13.6. The third kappa shape index (κ3) is 13.7. The van der Waals surface area contributed by atoms with E-state index in [9.17, 15) is 96.1 Å². The number of hydrogen-bond donors (Lipinski definition) is 19. The van der Waals surface area contributed by atoms with Crippen LogP contribution in [0.25, 0.3) is 0 Å². The molecule has 33 nitrogen and oxygen atoms in total. The Morgan fingerprint density at radius 1 is 0.373 bits per heavy atom. The maximum absolute atomic E-state index is 12.6. The Balaban J connectivity index is 1.20. The summed E-state index contributed by atoms with van der Waals surface area (Å²) in [6.45, 7) is -0.151. The first-order chi connectivity index (χ1) is 35.4. The molecule has 0 aromatic heterocycles. The number of nitrogens with one attached hydrogen (secondary N) is 3. The van der Waals surface area contributed by atoms with E-state index in [0.29, 0.717) is 0 Å². The van der Waals surface area contributed by atoms with Gasteiger partial charge in [-0.25, -0.2) is 0 Å². The topological polar surface area (TPSA) is 513 Å². The van der Waals surface area contributed by atoms with E-state index in [4.69, 9.17) is 52.1 Å². The van der Waals surface area contributed by atoms with Gasteiger partial charge in [0.1, 0.15) is 140 Å². The van der Waals surface area contributed by atoms with Crippen LogP contribution in [0.15, 0.2) is 0 Å². The quantitative estimate of drug-likeness (QED) is 0.0606. The second kappa shape index (κ2) is 26.5. The minimum absolute atomic E-state index is 0.744. The Labute approximate surface area is 426 Å². The zero-order valence-electron chi connectivity index (χ0n) is 40.7. The highest BCUT2D eigenvalue weighted by Crippen LogP contribution is 2.36. The average Bonchev–Trinajstić information content (AvgIpc) is 3.36. The Morgan fingerprint density at radius 3 is 1.39 bits per heavy atom. The van der Waals surface area contributed by atoms with E-state index in [1.54, 1.807) is 0 Å².